The van der Waals surface area contributed by atoms with Crippen LogP contribution in [0.4, 0.5) is 11.5 Å². The van der Waals surface area contributed by atoms with E-state index in [0.717, 1.165) is 28.8 Å². The Morgan fingerprint density at radius 1 is 0.776 bits per heavy atom. The predicted molar refractivity (Wildman–Crippen MR) is 201 cm³/mol. The van der Waals surface area contributed by atoms with Gasteiger partial charge in [-0.1, -0.05) is 157 Å². The van der Waals surface area contributed by atoms with Gasteiger partial charge in [0.05, 0.1) is 21.3 Å². The number of carbonyl (C=O) groups is 3. The third-order valence-corrected chi connectivity index (χ3v) is 10.0. The molecule has 2 aromatic carbocycles. The fraction of sp³-hybridized carbons (Fsp3) is 0.526. The molecule has 0 spiro atoms. The lowest BCUT2D eigenvalue weighted by Crippen LogP contribution is -2.32. The van der Waals surface area contributed by atoms with Crippen LogP contribution in [0.15, 0.2) is 47.3 Å². The lowest BCUT2D eigenvalue weighted by atomic mass is 9.98. The number of unbranched alkanes of at least 4 members (excludes halogenated alkanes) is 15. The summed E-state index contributed by atoms with van der Waals surface area (Å²) in [5.41, 5.74) is 0.0114. The molecule has 2 N–H and O–H groups in total. The molecule has 1 saturated heterocycles. The van der Waals surface area contributed by atoms with Crippen LogP contribution in [-0.4, -0.2) is 27.5 Å². The van der Waals surface area contributed by atoms with Crippen molar-refractivity contribution in [2.24, 2.45) is 5.92 Å². The normalized spacial score (nSPS) is 14.6. The first-order chi connectivity index (χ1) is 23.7. The van der Waals surface area contributed by atoms with Crippen molar-refractivity contribution in [3.63, 3.8) is 0 Å². The summed E-state index contributed by atoms with van der Waals surface area (Å²) in [6, 6.07) is 10.5. The number of benzene rings is 2. The second kappa shape index (κ2) is 19.9. The smallest absolute Gasteiger partial charge is 0.273 e. The molecule has 49 heavy (non-hydrogen) atoms. The number of halogens is 3. The van der Waals surface area contributed by atoms with E-state index in [1.54, 1.807) is 18.2 Å². The van der Waals surface area contributed by atoms with E-state index in [-0.39, 0.29) is 51.0 Å². The third kappa shape index (κ3) is 11.2. The number of amides is 3. The average molecular weight is 732 g/mol. The van der Waals surface area contributed by atoms with E-state index in [4.69, 9.17) is 34.8 Å². The van der Waals surface area contributed by atoms with Crippen molar-refractivity contribution in [3.8, 4) is 5.69 Å². The third-order valence-electron chi connectivity index (χ3n) is 9.21. The highest BCUT2D eigenvalue weighted by Gasteiger charge is 2.40. The fourth-order valence-electron chi connectivity index (χ4n) is 6.54. The molecule has 1 fully saturated rings. The lowest BCUT2D eigenvalue weighted by molar-refractivity contribution is -0.122. The molecule has 0 aliphatic carbocycles. The second-order valence-corrected chi connectivity index (χ2v) is 14.3. The summed E-state index contributed by atoms with van der Waals surface area (Å²) < 4.78 is 1.10. The van der Waals surface area contributed by atoms with E-state index in [1.165, 1.54) is 108 Å². The number of carbonyl (C=O) groups excluding carboxylic acids is 3. The molecule has 1 atom stereocenters. The van der Waals surface area contributed by atoms with Crippen molar-refractivity contribution in [1.29, 1.82) is 0 Å². The van der Waals surface area contributed by atoms with Crippen molar-refractivity contribution in [3.05, 3.63) is 73.4 Å². The lowest BCUT2D eigenvalue weighted by Gasteiger charge is -2.18. The summed E-state index contributed by atoms with van der Waals surface area (Å²) in [5.74, 6) is -1.52. The maximum atomic E-state index is 13.4. The summed E-state index contributed by atoms with van der Waals surface area (Å²) in [6.07, 6.45) is 21.3. The van der Waals surface area contributed by atoms with Crippen LogP contribution < -0.4 is 15.8 Å². The van der Waals surface area contributed by atoms with E-state index in [0.29, 0.717) is 11.4 Å². The topological polar surface area (TPSA) is 104 Å². The van der Waals surface area contributed by atoms with Crippen LogP contribution in [0.5, 0.6) is 0 Å². The minimum absolute atomic E-state index is 0.0762. The zero-order valence-corrected chi connectivity index (χ0v) is 30.8. The van der Waals surface area contributed by atoms with Gasteiger partial charge in [-0.25, -0.2) is 9.58 Å². The molecule has 8 nitrogen and oxygen atoms in total. The number of anilines is 2. The fourth-order valence-corrected chi connectivity index (χ4v) is 7.52. The van der Waals surface area contributed by atoms with Gasteiger partial charge in [-0.05, 0) is 30.7 Å². The quantitative estimate of drug-likeness (QED) is 0.0840. The number of imide groups is 1. The van der Waals surface area contributed by atoms with Crippen LogP contribution in [0.25, 0.3) is 5.69 Å². The summed E-state index contributed by atoms with van der Waals surface area (Å²) >= 11 is 18.6. The minimum atomic E-state index is -0.598. The second-order valence-electron chi connectivity index (χ2n) is 13.1. The molecule has 0 bridgehead atoms. The Balaban J connectivity index is 1.21. The molecule has 3 aromatic rings. The molecule has 4 rings (SSSR count). The van der Waals surface area contributed by atoms with Crippen molar-refractivity contribution in [2.45, 2.75) is 122 Å². The highest BCUT2D eigenvalue weighted by molar-refractivity contribution is 6.40. The van der Waals surface area contributed by atoms with Gasteiger partial charge in [-0.2, -0.15) is 0 Å². The van der Waals surface area contributed by atoms with Gasteiger partial charge in [-0.15, -0.1) is 0 Å². The van der Waals surface area contributed by atoms with E-state index >= 15 is 0 Å². The largest absolute Gasteiger partial charge is 0.307 e. The van der Waals surface area contributed by atoms with Gasteiger partial charge < -0.3 is 5.32 Å². The SMILES string of the molecule is CCCCCCCCCCCCCCCCCCC1CC(=O)N(c2ccccc2C(=O)Nc2cc(=O)n(-c3c(Cl)cc(Cl)cc3Cl)[nH]2)C1=O. The predicted octanol–water partition coefficient (Wildman–Crippen LogP) is 10.9. The van der Waals surface area contributed by atoms with Crippen LogP contribution in [0.2, 0.25) is 15.1 Å². The summed E-state index contributed by atoms with van der Waals surface area (Å²) in [7, 11) is 0. The van der Waals surface area contributed by atoms with Gasteiger partial charge in [0.1, 0.15) is 11.5 Å². The first kappa shape index (κ1) is 38.7. The Morgan fingerprint density at radius 2 is 1.31 bits per heavy atom. The number of hydrogen-bond acceptors (Lipinski definition) is 4. The van der Waals surface area contributed by atoms with Crippen molar-refractivity contribution >= 4 is 64.0 Å². The number of nitrogens with one attached hydrogen (secondary N) is 2. The number of rotatable bonds is 21. The van der Waals surface area contributed by atoms with E-state index in [1.807, 2.05) is 0 Å². The van der Waals surface area contributed by atoms with E-state index in [2.05, 4.69) is 17.3 Å². The zero-order valence-electron chi connectivity index (χ0n) is 28.5. The minimum Gasteiger partial charge on any atom is -0.307 e. The Morgan fingerprint density at radius 3 is 1.88 bits per heavy atom. The molecule has 1 aliphatic heterocycles. The van der Waals surface area contributed by atoms with Gasteiger partial charge >= 0.3 is 0 Å². The van der Waals surface area contributed by atoms with Crippen LogP contribution in [0, 0.1) is 5.92 Å². The average Bonchev–Trinajstić information content (AvgIpc) is 3.56. The standard InChI is InChI=1S/C38H49Cl3N4O4/c1-2-3-4-5-6-7-8-9-10-11-12-13-14-15-16-17-20-27-23-34(46)44(38(27)49)32-22-19-18-21-29(32)37(48)42-33-26-35(47)45(43-33)36-30(40)24-28(39)25-31(36)41/h18-19,21-22,24-27,43H,2-17,20,23H2,1H3,(H,42,48). The number of para-hydroxylation sites is 1. The number of aromatic amines is 1. The van der Waals surface area contributed by atoms with Crippen LogP contribution in [0.1, 0.15) is 133 Å². The number of aromatic nitrogens is 2. The Labute approximate surface area is 304 Å². The summed E-state index contributed by atoms with van der Waals surface area (Å²) in [6.45, 7) is 2.26. The molecule has 3 amide bonds. The first-order valence-corrected chi connectivity index (χ1v) is 19.1. The van der Waals surface area contributed by atoms with Gasteiger partial charge in [0, 0.05) is 23.4 Å². The molecule has 1 aromatic heterocycles. The maximum Gasteiger partial charge on any atom is 0.273 e. The van der Waals surface area contributed by atoms with E-state index in [9.17, 15) is 19.2 Å². The molecule has 1 aliphatic rings. The van der Waals surface area contributed by atoms with Crippen LogP contribution in [0.3, 0.4) is 0 Å². The molecule has 0 saturated carbocycles. The monoisotopic (exact) mass is 730 g/mol. The number of H-pyrrole nitrogens is 1. The van der Waals surface area contributed by atoms with E-state index < -0.39 is 17.4 Å². The number of hydrogen-bond donors (Lipinski definition) is 2. The molecule has 1 unspecified atom stereocenters. The summed E-state index contributed by atoms with van der Waals surface area (Å²) in [5, 5.41) is 6.04. The molecule has 266 valence electrons. The Kier molecular flexibility index (Phi) is 15.8. The molecular formula is C38H49Cl3N4O4. The van der Waals surface area contributed by atoms with Crippen molar-refractivity contribution < 1.29 is 14.4 Å². The highest BCUT2D eigenvalue weighted by Crippen LogP contribution is 2.33. The molecule has 2 heterocycles. The molecule has 0 radical (unpaired) electrons. The summed E-state index contributed by atoms with van der Waals surface area (Å²) in [4.78, 5) is 53.8. The van der Waals surface area contributed by atoms with Crippen molar-refractivity contribution in [1.82, 2.24) is 9.78 Å². The number of nitrogens with zero attached hydrogens (tertiary/aromatic N) is 2. The van der Waals surface area contributed by atoms with Crippen molar-refractivity contribution in [2.75, 3.05) is 10.2 Å². The Bertz CT molecular complexity index is 1600. The van der Waals surface area contributed by atoms with Crippen LogP contribution in [-0.2, 0) is 9.59 Å². The van der Waals surface area contributed by atoms with Crippen LogP contribution >= 0.6 is 34.8 Å². The Hall–Kier alpha value is -3.07. The maximum absolute atomic E-state index is 13.4. The molecule has 11 heteroatoms. The van der Waals surface area contributed by atoms with Gasteiger partial charge in [0.25, 0.3) is 11.5 Å². The van der Waals surface area contributed by atoms with Gasteiger partial charge in [-0.3, -0.25) is 24.3 Å². The first-order valence-electron chi connectivity index (χ1n) is 18.0. The van der Waals surface area contributed by atoms with Gasteiger partial charge in [0.15, 0.2) is 0 Å². The zero-order chi connectivity index (χ0) is 35.2. The van der Waals surface area contributed by atoms with Gasteiger partial charge in [0.2, 0.25) is 11.8 Å². The molecular weight excluding hydrogens is 683 g/mol. The highest BCUT2D eigenvalue weighted by atomic mass is 35.5.